The minimum atomic E-state index is -4.11. The van der Waals surface area contributed by atoms with Crippen LogP contribution in [0.5, 0.6) is 5.75 Å². The highest BCUT2D eigenvalue weighted by Gasteiger charge is 2.21. The molecule has 0 amide bonds. The summed E-state index contributed by atoms with van der Waals surface area (Å²) in [6.45, 7) is 1.69. The first-order chi connectivity index (χ1) is 10.3. The van der Waals surface area contributed by atoms with Crippen molar-refractivity contribution >= 4 is 39.1 Å². The van der Waals surface area contributed by atoms with Crippen LogP contribution in [0.3, 0.4) is 0 Å². The zero-order chi connectivity index (χ0) is 16.3. The maximum absolute atomic E-state index is 12.3. The number of benzene rings is 2. The van der Waals surface area contributed by atoms with Crippen LogP contribution in [0.4, 0.5) is 0 Å². The van der Waals surface area contributed by atoms with Gasteiger partial charge in [0, 0.05) is 6.42 Å². The third-order valence-electron chi connectivity index (χ3n) is 2.89. The van der Waals surface area contributed by atoms with E-state index in [1.807, 2.05) is 0 Å². The number of para-hydroxylation sites is 1. The highest BCUT2D eigenvalue weighted by Crippen LogP contribution is 2.28. The molecule has 0 fully saturated rings. The van der Waals surface area contributed by atoms with Crippen molar-refractivity contribution in [3.05, 3.63) is 58.1 Å². The highest BCUT2D eigenvalue weighted by atomic mass is 35.5. The zero-order valence-electron chi connectivity index (χ0n) is 11.5. The molecule has 0 radical (unpaired) electrons. The van der Waals surface area contributed by atoms with Gasteiger partial charge in [0.05, 0.1) is 15.6 Å². The van der Waals surface area contributed by atoms with Gasteiger partial charge in [0.25, 0.3) is 0 Å². The summed E-state index contributed by atoms with van der Waals surface area (Å²) >= 11 is 11.6. The van der Waals surface area contributed by atoms with E-state index in [-0.39, 0.29) is 38.5 Å². The number of ketones is 1. The second kappa shape index (κ2) is 6.69. The lowest BCUT2D eigenvalue weighted by atomic mass is 10.1. The molecule has 0 aliphatic carbocycles. The first-order valence-electron chi connectivity index (χ1n) is 6.37. The van der Waals surface area contributed by atoms with Gasteiger partial charge in [0.15, 0.2) is 11.5 Å². The number of hydrogen-bond acceptors (Lipinski definition) is 4. The Kier molecular flexibility index (Phi) is 5.11. The number of Topliss-reactive ketones (excluding diaryl/α,β-unsaturated/α-hetero) is 1. The van der Waals surface area contributed by atoms with E-state index in [4.69, 9.17) is 27.4 Å². The Hall–Kier alpha value is -1.56. The van der Waals surface area contributed by atoms with Crippen LogP contribution in [0.15, 0.2) is 47.4 Å². The zero-order valence-corrected chi connectivity index (χ0v) is 13.9. The van der Waals surface area contributed by atoms with Gasteiger partial charge < -0.3 is 4.18 Å². The Bertz CT molecular complexity index is 816. The summed E-state index contributed by atoms with van der Waals surface area (Å²) in [4.78, 5) is 11.7. The van der Waals surface area contributed by atoms with Crippen molar-refractivity contribution < 1.29 is 17.4 Å². The predicted octanol–water partition coefficient (Wildman–Crippen LogP) is 4.35. The molecule has 0 heterocycles. The molecule has 116 valence electrons. The second-order valence-electron chi connectivity index (χ2n) is 4.39. The average Bonchev–Trinajstić information content (AvgIpc) is 2.49. The molecule has 0 bridgehead atoms. The first-order valence-corrected chi connectivity index (χ1v) is 8.53. The van der Waals surface area contributed by atoms with Crippen molar-refractivity contribution in [2.24, 2.45) is 0 Å². The van der Waals surface area contributed by atoms with Gasteiger partial charge in [-0.3, -0.25) is 4.79 Å². The summed E-state index contributed by atoms with van der Waals surface area (Å²) in [7, 11) is -4.11. The lowest BCUT2D eigenvalue weighted by Gasteiger charge is -2.10. The van der Waals surface area contributed by atoms with E-state index < -0.39 is 10.1 Å². The van der Waals surface area contributed by atoms with Crippen LogP contribution in [0.1, 0.15) is 23.7 Å². The minimum Gasteiger partial charge on any atom is -0.378 e. The molecular formula is C15H12Cl2O4S. The first kappa shape index (κ1) is 16.8. The summed E-state index contributed by atoms with van der Waals surface area (Å²) in [6, 6.07) is 10.0. The number of carbonyl (C=O) groups excluding carboxylic acids is 1. The van der Waals surface area contributed by atoms with Crippen LogP contribution in [0.2, 0.25) is 10.0 Å². The smallest absolute Gasteiger partial charge is 0.339 e. The fourth-order valence-electron chi connectivity index (χ4n) is 1.76. The fraction of sp³-hybridized carbons (Fsp3) is 0.133. The highest BCUT2D eigenvalue weighted by molar-refractivity contribution is 7.87. The molecule has 2 rings (SSSR count). The molecule has 0 spiro atoms. The molecule has 0 saturated carbocycles. The predicted molar refractivity (Wildman–Crippen MR) is 85.3 cm³/mol. The lowest BCUT2D eigenvalue weighted by Crippen LogP contribution is -2.12. The SMILES string of the molecule is CCC(=O)c1ccccc1OS(=O)(=O)c1ccc(Cl)c(Cl)c1. The molecule has 2 aromatic rings. The Morgan fingerprint density at radius 3 is 2.41 bits per heavy atom. The van der Waals surface area contributed by atoms with E-state index in [2.05, 4.69) is 0 Å². The second-order valence-corrected chi connectivity index (χ2v) is 6.75. The van der Waals surface area contributed by atoms with Crippen molar-refractivity contribution in [2.75, 3.05) is 0 Å². The fourth-order valence-corrected chi connectivity index (χ4v) is 3.10. The van der Waals surface area contributed by atoms with Gasteiger partial charge in [-0.15, -0.1) is 0 Å². The summed E-state index contributed by atoms with van der Waals surface area (Å²) in [5, 5.41) is 0.339. The number of hydrogen-bond donors (Lipinski definition) is 0. The van der Waals surface area contributed by atoms with Crippen LogP contribution < -0.4 is 4.18 Å². The molecule has 4 nitrogen and oxygen atoms in total. The van der Waals surface area contributed by atoms with E-state index >= 15 is 0 Å². The van der Waals surface area contributed by atoms with Crippen molar-refractivity contribution in [1.29, 1.82) is 0 Å². The summed E-state index contributed by atoms with van der Waals surface area (Å²) in [6.07, 6.45) is 0.243. The van der Waals surface area contributed by atoms with Gasteiger partial charge in [-0.25, -0.2) is 0 Å². The van der Waals surface area contributed by atoms with Crippen molar-refractivity contribution in [3.8, 4) is 5.75 Å². The molecule has 0 atom stereocenters. The van der Waals surface area contributed by atoms with Crippen molar-refractivity contribution in [3.63, 3.8) is 0 Å². The van der Waals surface area contributed by atoms with Gasteiger partial charge >= 0.3 is 10.1 Å². The quantitative estimate of drug-likeness (QED) is 0.588. The van der Waals surface area contributed by atoms with Crippen LogP contribution in [0, 0.1) is 0 Å². The normalized spacial score (nSPS) is 11.2. The van der Waals surface area contributed by atoms with E-state index in [1.165, 1.54) is 30.3 Å². The van der Waals surface area contributed by atoms with Gasteiger partial charge in [-0.2, -0.15) is 8.42 Å². The monoisotopic (exact) mass is 358 g/mol. The van der Waals surface area contributed by atoms with Crippen molar-refractivity contribution in [2.45, 2.75) is 18.2 Å². The Balaban J connectivity index is 2.41. The summed E-state index contributed by atoms with van der Waals surface area (Å²) in [5.74, 6) is -0.222. The van der Waals surface area contributed by atoms with Gasteiger partial charge in [0.1, 0.15) is 4.90 Å². The minimum absolute atomic E-state index is 0.0135. The maximum atomic E-state index is 12.3. The third kappa shape index (κ3) is 3.61. The Labute approximate surface area is 138 Å². The largest absolute Gasteiger partial charge is 0.378 e. The number of halogens is 2. The van der Waals surface area contributed by atoms with E-state index in [9.17, 15) is 13.2 Å². The van der Waals surface area contributed by atoms with Crippen LogP contribution in [0.25, 0.3) is 0 Å². The molecule has 0 aromatic heterocycles. The molecular weight excluding hydrogens is 347 g/mol. The van der Waals surface area contributed by atoms with Crippen LogP contribution in [-0.2, 0) is 10.1 Å². The third-order valence-corrected chi connectivity index (χ3v) is 4.86. The lowest BCUT2D eigenvalue weighted by molar-refractivity contribution is 0.0986. The Morgan fingerprint density at radius 2 is 1.77 bits per heavy atom. The maximum Gasteiger partial charge on any atom is 0.339 e. The average molecular weight is 359 g/mol. The van der Waals surface area contributed by atoms with E-state index in [0.717, 1.165) is 0 Å². The molecule has 7 heteroatoms. The molecule has 0 N–H and O–H groups in total. The molecule has 0 aliphatic heterocycles. The van der Waals surface area contributed by atoms with Gasteiger partial charge in [-0.1, -0.05) is 42.3 Å². The molecule has 22 heavy (non-hydrogen) atoms. The summed E-state index contributed by atoms with van der Waals surface area (Å²) in [5.41, 5.74) is 0.216. The van der Waals surface area contributed by atoms with Crippen LogP contribution in [-0.4, -0.2) is 14.2 Å². The number of rotatable bonds is 5. The molecule has 0 unspecified atom stereocenters. The van der Waals surface area contributed by atoms with E-state index in [1.54, 1.807) is 19.1 Å². The molecule has 2 aromatic carbocycles. The number of carbonyl (C=O) groups is 1. The molecule has 0 aliphatic rings. The van der Waals surface area contributed by atoms with Crippen molar-refractivity contribution in [1.82, 2.24) is 0 Å². The van der Waals surface area contributed by atoms with E-state index in [0.29, 0.717) is 0 Å². The van der Waals surface area contributed by atoms with Crippen LogP contribution >= 0.6 is 23.2 Å². The topological polar surface area (TPSA) is 60.4 Å². The summed E-state index contributed by atoms with van der Waals surface area (Å²) < 4.78 is 29.7. The van der Waals surface area contributed by atoms with Gasteiger partial charge in [-0.05, 0) is 30.3 Å². The Morgan fingerprint density at radius 1 is 1.09 bits per heavy atom. The molecule has 0 saturated heterocycles. The standard InChI is InChI=1S/C15H12Cl2O4S/c1-2-14(18)11-5-3-4-6-15(11)21-22(19,20)10-7-8-12(16)13(17)9-10/h3-9H,2H2,1H3. The van der Waals surface area contributed by atoms with Gasteiger partial charge in [0.2, 0.25) is 0 Å².